The molecule has 1 amide bonds. The standard InChI is InChI=1S/C18H28N4O3S/c1-2-9-19-18(23)15-4-3-10-22(13-15)17-8-7-16(12-20-17)26(24,25)21-11-14-5-6-14/h7-8,12,14-15,21H,2-6,9-11,13H2,1H3,(H,19,23). The van der Waals surface area contributed by atoms with Crippen molar-refractivity contribution < 1.29 is 13.2 Å². The summed E-state index contributed by atoms with van der Waals surface area (Å²) in [4.78, 5) is 18.8. The number of pyridine rings is 1. The average molecular weight is 381 g/mol. The molecule has 3 rings (SSSR count). The zero-order valence-corrected chi connectivity index (χ0v) is 16.1. The first kappa shape index (κ1) is 19.1. The molecule has 0 radical (unpaired) electrons. The number of nitrogens with zero attached hydrogens (tertiary/aromatic N) is 2. The molecule has 2 aliphatic rings. The predicted octanol–water partition coefficient (Wildman–Crippen LogP) is 1.51. The molecule has 0 aromatic carbocycles. The SMILES string of the molecule is CCCNC(=O)C1CCCN(c2ccc(S(=O)(=O)NCC3CC3)cn2)C1. The van der Waals surface area contributed by atoms with Crippen molar-refractivity contribution in [2.75, 3.05) is 31.1 Å². The number of aromatic nitrogens is 1. The van der Waals surface area contributed by atoms with Gasteiger partial charge in [-0.05, 0) is 50.2 Å². The summed E-state index contributed by atoms with van der Waals surface area (Å²) in [6.07, 6.45) is 6.33. The van der Waals surface area contributed by atoms with Crippen molar-refractivity contribution in [3.8, 4) is 0 Å². The number of nitrogens with one attached hydrogen (secondary N) is 2. The summed E-state index contributed by atoms with van der Waals surface area (Å²) in [5.74, 6) is 1.26. The number of sulfonamides is 1. The molecule has 0 bridgehead atoms. The fourth-order valence-corrected chi connectivity index (χ4v) is 4.20. The summed E-state index contributed by atoms with van der Waals surface area (Å²) in [6, 6.07) is 3.33. The van der Waals surface area contributed by atoms with Crippen LogP contribution in [0.15, 0.2) is 23.2 Å². The lowest BCUT2D eigenvalue weighted by atomic mass is 9.97. The van der Waals surface area contributed by atoms with Gasteiger partial charge in [-0.2, -0.15) is 0 Å². The van der Waals surface area contributed by atoms with Gasteiger partial charge in [0.15, 0.2) is 0 Å². The summed E-state index contributed by atoms with van der Waals surface area (Å²) >= 11 is 0. The van der Waals surface area contributed by atoms with E-state index in [1.165, 1.54) is 6.20 Å². The second-order valence-electron chi connectivity index (χ2n) is 7.22. The number of piperidine rings is 1. The first-order valence-corrected chi connectivity index (χ1v) is 11.0. The molecule has 1 unspecified atom stereocenters. The van der Waals surface area contributed by atoms with Crippen LogP contribution in [0.2, 0.25) is 0 Å². The highest BCUT2D eigenvalue weighted by Crippen LogP contribution is 2.28. The smallest absolute Gasteiger partial charge is 0.242 e. The Labute approximate surface area is 155 Å². The van der Waals surface area contributed by atoms with Crippen LogP contribution in [0.5, 0.6) is 0 Å². The van der Waals surface area contributed by atoms with Gasteiger partial charge in [0, 0.05) is 32.4 Å². The van der Waals surface area contributed by atoms with Crippen LogP contribution in [0.4, 0.5) is 5.82 Å². The molecular weight excluding hydrogens is 352 g/mol. The molecule has 1 aliphatic heterocycles. The van der Waals surface area contributed by atoms with E-state index in [4.69, 9.17) is 0 Å². The average Bonchev–Trinajstić information content (AvgIpc) is 3.49. The van der Waals surface area contributed by atoms with Gasteiger partial charge in [0.2, 0.25) is 15.9 Å². The van der Waals surface area contributed by atoms with Crippen LogP contribution >= 0.6 is 0 Å². The predicted molar refractivity (Wildman–Crippen MR) is 100 cm³/mol. The number of anilines is 1. The topological polar surface area (TPSA) is 91.4 Å². The van der Waals surface area contributed by atoms with Crippen LogP contribution < -0.4 is 14.9 Å². The van der Waals surface area contributed by atoms with Crippen LogP contribution in [0.1, 0.15) is 39.0 Å². The summed E-state index contributed by atoms with van der Waals surface area (Å²) in [5, 5.41) is 2.96. The molecule has 1 saturated carbocycles. The number of carbonyl (C=O) groups excluding carboxylic acids is 1. The van der Waals surface area contributed by atoms with Gasteiger partial charge in [-0.1, -0.05) is 6.92 Å². The first-order chi connectivity index (χ1) is 12.5. The molecule has 2 N–H and O–H groups in total. The minimum Gasteiger partial charge on any atom is -0.356 e. The van der Waals surface area contributed by atoms with E-state index < -0.39 is 10.0 Å². The van der Waals surface area contributed by atoms with Crippen molar-refractivity contribution in [2.24, 2.45) is 11.8 Å². The van der Waals surface area contributed by atoms with Crippen LogP contribution in [0.3, 0.4) is 0 Å². The fourth-order valence-electron chi connectivity index (χ4n) is 3.14. The quantitative estimate of drug-likeness (QED) is 0.713. The van der Waals surface area contributed by atoms with E-state index in [0.717, 1.165) is 44.5 Å². The van der Waals surface area contributed by atoms with Gasteiger partial charge in [-0.25, -0.2) is 18.1 Å². The second-order valence-corrected chi connectivity index (χ2v) is 8.99. The minimum atomic E-state index is -3.49. The van der Waals surface area contributed by atoms with Gasteiger partial charge < -0.3 is 10.2 Å². The number of hydrogen-bond acceptors (Lipinski definition) is 5. The van der Waals surface area contributed by atoms with Crippen molar-refractivity contribution in [2.45, 2.75) is 43.9 Å². The Balaban J connectivity index is 1.61. The third-order valence-electron chi connectivity index (χ3n) is 4.96. The zero-order valence-electron chi connectivity index (χ0n) is 15.3. The van der Waals surface area contributed by atoms with Crippen molar-refractivity contribution >= 4 is 21.7 Å². The number of carbonyl (C=O) groups is 1. The molecule has 1 aromatic heterocycles. The van der Waals surface area contributed by atoms with E-state index in [1.54, 1.807) is 12.1 Å². The molecule has 1 atom stereocenters. The molecule has 1 aliphatic carbocycles. The van der Waals surface area contributed by atoms with E-state index >= 15 is 0 Å². The number of amides is 1. The molecular formula is C18H28N4O3S. The molecule has 8 heteroatoms. The molecule has 26 heavy (non-hydrogen) atoms. The summed E-state index contributed by atoms with van der Waals surface area (Å²) < 4.78 is 27.2. The lowest BCUT2D eigenvalue weighted by Crippen LogP contribution is -2.43. The van der Waals surface area contributed by atoms with E-state index in [0.29, 0.717) is 25.6 Å². The van der Waals surface area contributed by atoms with Crippen molar-refractivity contribution in [1.29, 1.82) is 0 Å². The first-order valence-electron chi connectivity index (χ1n) is 9.48. The number of hydrogen-bond donors (Lipinski definition) is 2. The maximum atomic E-state index is 12.3. The van der Waals surface area contributed by atoms with Gasteiger partial charge >= 0.3 is 0 Å². The van der Waals surface area contributed by atoms with Gasteiger partial charge in [-0.3, -0.25) is 4.79 Å². The monoisotopic (exact) mass is 380 g/mol. The van der Waals surface area contributed by atoms with Crippen molar-refractivity contribution in [3.05, 3.63) is 18.3 Å². The Morgan fingerprint density at radius 3 is 2.77 bits per heavy atom. The van der Waals surface area contributed by atoms with Crippen LogP contribution in [0, 0.1) is 11.8 Å². The molecule has 2 fully saturated rings. The lowest BCUT2D eigenvalue weighted by molar-refractivity contribution is -0.125. The molecule has 2 heterocycles. The number of rotatable bonds is 8. The normalized spacial score (nSPS) is 20.8. The van der Waals surface area contributed by atoms with Gasteiger partial charge in [-0.15, -0.1) is 0 Å². The van der Waals surface area contributed by atoms with Crippen molar-refractivity contribution in [1.82, 2.24) is 15.0 Å². The van der Waals surface area contributed by atoms with Crippen LogP contribution in [-0.2, 0) is 14.8 Å². The van der Waals surface area contributed by atoms with Gasteiger partial charge in [0.25, 0.3) is 0 Å². The maximum Gasteiger partial charge on any atom is 0.242 e. The fraction of sp³-hybridized carbons (Fsp3) is 0.667. The highest BCUT2D eigenvalue weighted by molar-refractivity contribution is 7.89. The lowest BCUT2D eigenvalue weighted by Gasteiger charge is -2.32. The van der Waals surface area contributed by atoms with Crippen molar-refractivity contribution in [3.63, 3.8) is 0 Å². The summed E-state index contributed by atoms with van der Waals surface area (Å²) in [7, 11) is -3.49. The maximum absolute atomic E-state index is 12.3. The molecule has 1 saturated heterocycles. The summed E-state index contributed by atoms with van der Waals surface area (Å²) in [6.45, 7) is 4.69. The van der Waals surface area contributed by atoms with Gasteiger partial charge in [0.1, 0.15) is 10.7 Å². The molecule has 1 aromatic rings. The van der Waals surface area contributed by atoms with Crippen LogP contribution in [0.25, 0.3) is 0 Å². The molecule has 0 spiro atoms. The summed E-state index contributed by atoms with van der Waals surface area (Å²) in [5.41, 5.74) is 0. The van der Waals surface area contributed by atoms with E-state index in [1.807, 2.05) is 6.92 Å². The highest BCUT2D eigenvalue weighted by Gasteiger charge is 2.27. The zero-order chi connectivity index (χ0) is 18.6. The Kier molecular flexibility index (Phi) is 6.13. The van der Waals surface area contributed by atoms with Gasteiger partial charge in [0.05, 0.1) is 5.92 Å². The minimum absolute atomic E-state index is 0.0410. The Bertz CT molecular complexity index is 716. The third-order valence-corrected chi connectivity index (χ3v) is 6.36. The van der Waals surface area contributed by atoms with E-state index in [-0.39, 0.29) is 16.7 Å². The van der Waals surface area contributed by atoms with Crippen LogP contribution in [-0.4, -0.2) is 45.5 Å². The molecule has 7 nitrogen and oxygen atoms in total. The Morgan fingerprint density at radius 2 is 2.12 bits per heavy atom. The largest absolute Gasteiger partial charge is 0.356 e. The Hall–Kier alpha value is -1.67. The second kappa shape index (κ2) is 8.35. The molecule has 144 valence electrons. The van der Waals surface area contributed by atoms with E-state index in [9.17, 15) is 13.2 Å². The highest BCUT2D eigenvalue weighted by atomic mass is 32.2. The van der Waals surface area contributed by atoms with E-state index in [2.05, 4.69) is 19.9 Å². The Morgan fingerprint density at radius 1 is 1.31 bits per heavy atom. The third kappa shape index (κ3) is 4.94.